The van der Waals surface area contributed by atoms with Crippen molar-refractivity contribution in [1.82, 2.24) is 4.90 Å². The van der Waals surface area contributed by atoms with Crippen LogP contribution >= 0.6 is 0 Å². The van der Waals surface area contributed by atoms with Crippen LogP contribution in [-0.2, 0) is 4.79 Å². The van der Waals surface area contributed by atoms with Crippen LogP contribution in [0.15, 0.2) is 0 Å². The first-order chi connectivity index (χ1) is 6.47. The molecule has 0 aromatic heterocycles. The van der Waals surface area contributed by atoms with Gasteiger partial charge in [0, 0.05) is 20.5 Å². The van der Waals surface area contributed by atoms with Crippen molar-refractivity contribution < 1.29 is 4.79 Å². The third-order valence-electron chi connectivity index (χ3n) is 2.40. The van der Waals surface area contributed by atoms with Crippen LogP contribution in [0.4, 0.5) is 0 Å². The van der Waals surface area contributed by atoms with Crippen LogP contribution in [0.25, 0.3) is 0 Å². The Bertz CT molecular complexity index is 167. The second-order valence-electron chi connectivity index (χ2n) is 4.56. The molecule has 1 amide bonds. The summed E-state index contributed by atoms with van der Waals surface area (Å²) in [5.74, 6) is 1.36. The molecule has 0 rings (SSSR count). The van der Waals surface area contributed by atoms with Crippen LogP contribution in [0.2, 0.25) is 0 Å². The van der Waals surface area contributed by atoms with Crippen molar-refractivity contribution in [2.45, 2.75) is 33.1 Å². The van der Waals surface area contributed by atoms with Gasteiger partial charge in [-0.25, -0.2) is 0 Å². The fourth-order valence-corrected chi connectivity index (χ4v) is 1.55. The van der Waals surface area contributed by atoms with Crippen LogP contribution in [0.3, 0.4) is 0 Å². The molecular weight excluding hydrogens is 176 g/mol. The summed E-state index contributed by atoms with van der Waals surface area (Å²) in [6.07, 6.45) is 2.67. The van der Waals surface area contributed by atoms with Gasteiger partial charge < -0.3 is 10.6 Å². The highest BCUT2D eigenvalue weighted by Crippen LogP contribution is 2.16. The lowest BCUT2D eigenvalue weighted by Gasteiger charge is -2.17. The van der Waals surface area contributed by atoms with Crippen molar-refractivity contribution in [2.24, 2.45) is 17.6 Å². The third-order valence-corrected chi connectivity index (χ3v) is 2.40. The number of rotatable bonds is 6. The van der Waals surface area contributed by atoms with Crippen LogP contribution in [0.5, 0.6) is 0 Å². The van der Waals surface area contributed by atoms with Gasteiger partial charge in [-0.3, -0.25) is 4.79 Å². The summed E-state index contributed by atoms with van der Waals surface area (Å²) >= 11 is 0. The molecule has 0 aliphatic heterocycles. The molecular formula is C11H24N2O. The summed E-state index contributed by atoms with van der Waals surface area (Å²) < 4.78 is 0. The molecule has 0 spiro atoms. The fourth-order valence-electron chi connectivity index (χ4n) is 1.55. The molecule has 0 aromatic rings. The minimum absolute atomic E-state index is 0.201. The number of carbonyl (C=O) groups excluding carboxylic acids is 1. The van der Waals surface area contributed by atoms with Gasteiger partial charge in [-0.2, -0.15) is 0 Å². The average molecular weight is 200 g/mol. The molecule has 0 aliphatic carbocycles. The Morgan fingerprint density at radius 3 is 2.29 bits per heavy atom. The molecule has 0 aliphatic rings. The number of hydrogen-bond acceptors (Lipinski definition) is 2. The molecule has 0 aromatic carbocycles. The molecule has 1 atom stereocenters. The zero-order chi connectivity index (χ0) is 11.1. The van der Waals surface area contributed by atoms with Gasteiger partial charge in [0.05, 0.1) is 0 Å². The highest BCUT2D eigenvalue weighted by Gasteiger charge is 2.12. The topological polar surface area (TPSA) is 46.3 Å². The first-order valence-electron chi connectivity index (χ1n) is 5.37. The number of carbonyl (C=O) groups is 1. The number of hydrogen-bond donors (Lipinski definition) is 1. The fraction of sp³-hybridized carbons (Fsp3) is 0.909. The van der Waals surface area contributed by atoms with E-state index in [0.29, 0.717) is 24.8 Å². The van der Waals surface area contributed by atoms with Gasteiger partial charge in [0.2, 0.25) is 5.91 Å². The maximum atomic E-state index is 11.3. The van der Waals surface area contributed by atoms with Crippen LogP contribution in [0, 0.1) is 11.8 Å². The smallest absolute Gasteiger partial charge is 0.222 e. The summed E-state index contributed by atoms with van der Waals surface area (Å²) in [6, 6.07) is 0. The molecule has 0 saturated heterocycles. The van der Waals surface area contributed by atoms with Crippen molar-refractivity contribution >= 4 is 5.91 Å². The van der Waals surface area contributed by atoms with E-state index < -0.39 is 0 Å². The Morgan fingerprint density at radius 1 is 1.36 bits per heavy atom. The quantitative estimate of drug-likeness (QED) is 0.706. The third kappa shape index (κ3) is 5.97. The van der Waals surface area contributed by atoms with Gasteiger partial charge in [-0.15, -0.1) is 0 Å². The van der Waals surface area contributed by atoms with Gasteiger partial charge in [0.15, 0.2) is 0 Å². The molecule has 0 saturated carbocycles. The Morgan fingerprint density at radius 2 is 1.93 bits per heavy atom. The van der Waals surface area contributed by atoms with E-state index in [4.69, 9.17) is 5.73 Å². The zero-order valence-electron chi connectivity index (χ0n) is 9.92. The zero-order valence-corrected chi connectivity index (χ0v) is 9.92. The summed E-state index contributed by atoms with van der Waals surface area (Å²) in [4.78, 5) is 13.0. The van der Waals surface area contributed by atoms with E-state index in [0.717, 1.165) is 12.8 Å². The van der Waals surface area contributed by atoms with E-state index in [9.17, 15) is 4.79 Å². The van der Waals surface area contributed by atoms with Crippen molar-refractivity contribution in [1.29, 1.82) is 0 Å². The molecule has 3 nitrogen and oxygen atoms in total. The summed E-state index contributed by atoms with van der Waals surface area (Å²) in [6.45, 7) is 5.08. The lowest BCUT2D eigenvalue weighted by atomic mass is 9.93. The van der Waals surface area contributed by atoms with Crippen molar-refractivity contribution in [3.05, 3.63) is 0 Å². The Hall–Kier alpha value is -0.570. The molecule has 3 heteroatoms. The van der Waals surface area contributed by atoms with Gasteiger partial charge >= 0.3 is 0 Å². The first kappa shape index (κ1) is 13.4. The maximum Gasteiger partial charge on any atom is 0.222 e. The predicted octanol–water partition coefficient (Wildman–Crippen LogP) is 1.48. The van der Waals surface area contributed by atoms with Crippen LogP contribution in [0.1, 0.15) is 33.1 Å². The van der Waals surface area contributed by atoms with Crippen molar-refractivity contribution in [3.63, 3.8) is 0 Å². The van der Waals surface area contributed by atoms with E-state index >= 15 is 0 Å². The molecule has 1 unspecified atom stereocenters. The Kier molecular flexibility index (Phi) is 6.54. The number of nitrogens with two attached hydrogens (primary N) is 1. The van der Waals surface area contributed by atoms with Gasteiger partial charge in [-0.05, 0) is 31.2 Å². The maximum absolute atomic E-state index is 11.3. The summed E-state index contributed by atoms with van der Waals surface area (Å²) in [5, 5.41) is 0. The van der Waals surface area contributed by atoms with E-state index in [-0.39, 0.29) is 5.91 Å². The number of amides is 1. The lowest BCUT2D eigenvalue weighted by Crippen LogP contribution is -2.24. The van der Waals surface area contributed by atoms with E-state index in [1.807, 2.05) is 0 Å². The average Bonchev–Trinajstić information content (AvgIpc) is 2.10. The molecule has 2 N–H and O–H groups in total. The molecule has 14 heavy (non-hydrogen) atoms. The monoisotopic (exact) mass is 200 g/mol. The highest BCUT2D eigenvalue weighted by atomic mass is 16.2. The van der Waals surface area contributed by atoms with Crippen LogP contribution in [-0.4, -0.2) is 31.4 Å². The predicted molar refractivity (Wildman–Crippen MR) is 59.9 cm³/mol. The lowest BCUT2D eigenvalue weighted by molar-refractivity contribution is -0.129. The summed E-state index contributed by atoms with van der Waals surface area (Å²) in [5.41, 5.74) is 5.66. The van der Waals surface area contributed by atoms with E-state index in [1.54, 1.807) is 19.0 Å². The second kappa shape index (κ2) is 6.82. The minimum Gasteiger partial charge on any atom is -0.349 e. The minimum atomic E-state index is 0.201. The SMILES string of the molecule is CC(C)CC(CN)CCC(=O)N(C)C. The molecule has 84 valence electrons. The molecule has 0 bridgehead atoms. The van der Waals surface area contributed by atoms with Gasteiger partial charge in [0.25, 0.3) is 0 Å². The van der Waals surface area contributed by atoms with Crippen LogP contribution < -0.4 is 5.73 Å². The molecule has 0 heterocycles. The highest BCUT2D eigenvalue weighted by molar-refractivity contribution is 5.75. The normalized spacial score (nSPS) is 13.0. The van der Waals surface area contributed by atoms with E-state index in [2.05, 4.69) is 13.8 Å². The van der Waals surface area contributed by atoms with Gasteiger partial charge in [0.1, 0.15) is 0 Å². The first-order valence-corrected chi connectivity index (χ1v) is 5.37. The second-order valence-corrected chi connectivity index (χ2v) is 4.56. The molecule has 0 radical (unpaired) electrons. The van der Waals surface area contributed by atoms with E-state index in [1.165, 1.54) is 0 Å². The molecule has 0 fully saturated rings. The summed E-state index contributed by atoms with van der Waals surface area (Å²) in [7, 11) is 3.59. The largest absolute Gasteiger partial charge is 0.349 e. The van der Waals surface area contributed by atoms with Crippen molar-refractivity contribution in [2.75, 3.05) is 20.6 Å². The Balaban J connectivity index is 3.78. The standard InChI is InChI=1S/C11H24N2O/c1-9(2)7-10(8-12)5-6-11(14)13(3)4/h9-10H,5-8,12H2,1-4H3. The Labute approximate surface area is 87.6 Å². The van der Waals surface area contributed by atoms with Crippen molar-refractivity contribution in [3.8, 4) is 0 Å². The number of nitrogens with zero attached hydrogens (tertiary/aromatic N) is 1. The van der Waals surface area contributed by atoms with Gasteiger partial charge in [-0.1, -0.05) is 13.8 Å².